The number of halogens is 1. The average Bonchev–Trinajstić information content (AvgIpc) is 2.89. The van der Waals surface area contributed by atoms with E-state index in [9.17, 15) is 19.3 Å². The topological polar surface area (TPSA) is 106 Å². The minimum Gasteiger partial charge on any atom is -0.478 e. The molecule has 1 aromatic carbocycles. The van der Waals surface area contributed by atoms with Crippen LogP contribution in [0.15, 0.2) is 35.1 Å². The number of rotatable bonds is 5. The van der Waals surface area contributed by atoms with Gasteiger partial charge < -0.3 is 14.8 Å². The molecule has 0 saturated heterocycles. The van der Waals surface area contributed by atoms with Crippen LogP contribution < -0.4 is 5.32 Å². The van der Waals surface area contributed by atoms with Crippen molar-refractivity contribution in [3.05, 3.63) is 57.8 Å². The molecule has 0 aliphatic rings. The van der Waals surface area contributed by atoms with Gasteiger partial charge in [-0.15, -0.1) is 0 Å². The summed E-state index contributed by atoms with van der Waals surface area (Å²) in [5, 5.41) is 22.4. The Morgan fingerprint density at radius 3 is 2.80 bits per heavy atom. The van der Waals surface area contributed by atoms with Crippen LogP contribution in [0.25, 0.3) is 0 Å². The van der Waals surface area contributed by atoms with Gasteiger partial charge >= 0.3 is 5.97 Å². The molecule has 2 aromatic rings. The van der Waals surface area contributed by atoms with E-state index in [2.05, 4.69) is 5.32 Å². The van der Waals surface area contributed by atoms with Crippen LogP contribution in [0, 0.1) is 15.9 Å². The van der Waals surface area contributed by atoms with E-state index < -0.39 is 28.0 Å². The third-order valence-corrected chi connectivity index (χ3v) is 2.58. The molecule has 0 fully saturated rings. The summed E-state index contributed by atoms with van der Waals surface area (Å²) in [6.45, 7) is 0.183. The molecule has 8 heteroatoms. The maximum atomic E-state index is 13.4. The van der Waals surface area contributed by atoms with E-state index in [0.29, 0.717) is 11.6 Å². The molecule has 0 atom stereocenters. The number of hydrogen-bond donors (Lipinski definition) is 2. The fourth-order valence-electron chi connectivity index (χ4n) is 1.61. The number of nitrogens with one attached hydrogen (secondary N) is 1. The molecular weight excluding hydrogens is 271 g/mol. The number of anilines is 1. The maximum absolute atomic E-state index is 13.4. The quantitative estimate of drug-likeness (QED) is 0.644. The molecule has 0 bridgehead atoms. The van der Waals surface area contributed by atoms with Gasteiger partial charge in [0.05, 0.1) is 29.1 Å². The van der Waals surface area contributed by atoms with Gasteiger partial charge in [0, 0.05) is 12.1 Å². The third-order valence-electron chi connectivity index (χ3n) is 2.58. The van der Waals surface area contributed by atoms with Crippen LogP contribution in [0.3, 0.4) is 0 Å². The molecule has 104 valence electrons. The van der Waals surface area contributed by atoms with Gasteiger partial charge in [-0.1, -0.05) is 0 Å². The molecule has 0 aliphatic heterocycles. The summed E-state index contributed by atoms with van der Waals surface area (Å²) < 4.78 is 18.3. The number of carboxylic acid groups (broad SMARTS) is 1. The summed E-state index contributed by atoms with van der Waals surface area (Å²) in [6.07, 6.45) is 2.86. The molecule has 0 aliphatic carbocycles. The zero-order valence-corrected chi connectivity index (χ0v) is 10.00. The SMILES string of the molecule is O=C(O)c1cc(NCc2ccoc2)c([N+](=O)[O-])cc1F. The highest BCUT2D eigenvalue weighted by molar-refractivity contribution is 5.90. The van der Waals surface area contributed by atoms with Gasteiger partial charge in [-0.25, -0.2) is 9.18 Å². The number of benzene rings is 1. The molecule has 0 unspecified atom stereocenters. The highest BCUT2D eigenvalue weighted by Crippen LogP contribution is 2.28. The summed E-state index contributed by atoms with van der Waals surface area (Å²) in [5.41, 5.74) is -0.531. The summed E-state index contributed by atoms with van der Waals surface area (Å²) in [6, 6.07) is 3.12. The van der Waals surface area contributed by atoms with Crippen LogP contribution >= 0.6 is 0 Å². The molecule has 20 heavy (non-hydrogen) atoms. The van der Waals surface area contributed by atoms with E-state index in [1.54, 1.807) is 6.07 Å². The van der Waals surface area contributed by atoms with Crippen LogP contribution in [0.1, 0.15) is 15.9 Å². The number of aromatic carboxylic acids is 1. The Morgan fingerprint density at radius 1 is 1.50 bits per heavy atom. The number of hydrogen-bond acceptors (Lipinski definition) is 5. The van der Waals surface area contributed by atoms with Crippen molar-refractivity contribution in [2.24, 2.45) is 0 Å². The molecule has 0 saturated carbocycles. The van der Waals surface area contributed by atoms with E-state index >= 15 is 0 Å². The Bertz CT molecular complexity index is 654. The van der Waals surface area contributed by atoms with E-state index in [-0.39, 0.29) is 12.2 Å². The van der Waals surface area contributed by atoms with Gasteiger partial charge in [-0.05, 0) is 12.1 Å². The average molecular weight is 280 g/mol. The molecule has 1 aromatic heterocycles. The first-order valence-corrected chi connectivity index (χ1v) is 5.45. The first-order valence-electron chi connectivity index (χ1n) is 5.45. The Labute approximate surface area is 111 Å². The van der Waals surface area contributed by atoms with E-state index in [0.717, 1.165) is 6.07 Å². The summed E-state index contributed by atoms with van der Waals surface area (Å²) in [4.78, 5) is 20.9. The van der Waals surface area contributed by atoms with Crippen molar-refractivity contribution in [2.45, 2.75) is 6.54 Å². The molecular formula is C12H9FN2O5. The predicted octanol–water partition coefficient (Wildman–Crippen LogP) is 2.64. The maximum Gasteiger partial charge on any atom is 0.338 e. The second kappa shape index (κ2) is 5.39. The van der Waals surface area contributed by atoms with Crippen LogP contribution in [0.4, 0.5) is 15.8 Å². The van der Waals surface area contributed by atoms with E-state index in [4.69, 9.17) is 9.52 Å². The normalized spacial score (nSPS) is 10.2. The number of nitro groups is 1. The van der Waals surface area contributed by atoms with Gasteiger partial charge in [0.15, 0.2) is 0 Å². The van der Waals surface area contributed by atoms with Crippen LogP contribution in [-0.4, -0.2) is 16.0 Å². The number of nitro benzene ring substituents is 1. The second-order valence-corrected chi connectivity index (χ2v) is 3.90. The number of carbonyl (C=O) groups is 1. The van der Waals surface area contributed by atoms with Gasteiger partial charge in [0.25, 0.3) is 5.69 Å². The smallest absolute Gasteiger partial charge is 0.338 e. The lowest BCUT2D eigenvalue weighted by Crippen LogP contribution is -2.07. The number of carboxylic acids is 1. The van der Waals surface area contributed by atoms with E-state index in [1.807, 2.05) is 0 Å². The Kier molecular flexibility index (Phi) is 3.65. The van der Waals surface area contributed by atoms with Gasteiger partial charge in [-0.2, -0.15) is 0 Å². The fourth-order valence-corrected chi connectivity index (χ4v) is 1.61. The minimum absolute atomic E-state index is 0.0741. The number of nitrogens with zero attached hydrogens (tertiary/aromatic N) is 1. The molecule has 0 amide bonds. The first-order chi connectivity index (χ1) is 9.49. The van der Waals surface area contributed by atoms with Crippen LogP contribution in [-0.2, 0) is 6.54 Å². The number of furan rings is 1. The molecule has 2 N–H and O–H groups in total. The highest BCUT2D eigenvalue weighted by atomic mass is 19.1. The fraction of sp³-hybridized carbons (Fsp3) is 0.0833. The van der Waals surface area contributed by atoms with Crippen molar-refractivity contribution in [1.82, 2.24) is 0 Å². The predicted molar refractivity (Wildman–Crippen MR) is 66.0 cm³/mol. The molecule has 2 rings (SSSR count). The lowest BCUT2D eigenvalue weighted by Gasteiger charge is -2.07. The lowest BCUT2D eigenvalue weighted by atomic mass is 10.1. The Balaban J connectivity index is 2.35. The standard InChI is InChI=1S/C12H9FN2O5/c13-9-4-11(15(18)19)10(3-8(9)12(16)17)14-5-7-1-2-20-6-7/h1-4,6,14H,5H2,(H,16,17). The molecule has 1 heterocycles. The van der Waals surface area contributed by atoms with Gasteiger partial charge in [0.2, 0.25) is 0 Å². The van der Waals surface area contributed by atoms with Crippen LogP contribution in [0.5, 0.6) is 0 Å². The monoisotopic (exact) mass is 280 g/mol. The van der Waals surface area contributed by atoms with Gasteiger partial charge in [-0.3, -0.25) is 10.1 Å². The first kappa shape index (κ1) is 13.5. The van der Waals surface area contributed by atoms with Crippen molar-refractivity contribution in [3.8, 4) is 0 Å². The Morgan fingerprint density at radius 2 is 2.25 bits per heavy atom. The van der Waals surface area contributed by atoms with E-state index in [1.165, 1.54) is 12.5 Å². The third kappa shape index (κ3) is 2.74. The highest BCUT2D eigenvalue weighted by Gasteiger charge is 2.21. The Hall–Kier alpha value is -2.90. The zero-order chi connectivity index (χ0) is 14.7. The van der Waals surface area contributed by atoms with Crippen LogP contribution in [0.2, 0.25) is 0 Å². The second-order valence-electron chi connectivity index (χ2n) is 3.90. The van der Waals surface area contributed by atoms with Gasteiger partial charge in [0.1, 0.15) is 11.5 Å². The summed E-state index contributed by atoms with van der Waals surface area (Å²) >= 11 is 0. The van der Waals surface area contributed by atoms with Crippen molar-refractivity contribution >= 4 is 17.3 Å². The molecule has 0 radical (unpaired) electrons. The molecule has 7 nitrogen and oxygen atoms in total. The van der Waals surface area contributed by atoms with Crippen molar-refractivity contribution in [1.29, 1.82) is 0 Å². The zero-order valence-electron chi connectivity index (χ0n) is 10.00. The summed E-state index contributed by atoms with van der Waals surface area (Å²) in [5.74, 6) is -2.65. The lowest BCUT2D eigenvalue weighted by molar-refractivity contribution is -0.384. The van der Waals surface area contributed by atoms with Crippen molar-refractivity contribution in [2.75, 3.05) is 5.32 Å². The molecule has 0 spiro atoms. The van der Waals surface area contributed by atoms with Crippen molar-refractivity contribution < 1.29 is 23.6 Å². The van der Waals surface area contributed by atoms with Crippen molar-refractivity contribution in [3.63, 3.8) is 0 Å². The summed E-state index contributed by atoms with van der Waals surface area (Å²) in [7, 11) is 0. The largest absolute Gasteiger partial charge is 0.478 e. The minimum atomic E-state index is -1.50.